The second kappa shape index (κ2) is 4.94. The lowest BCUT2D eigenvalue weighted by Crippen LogP contribution is -2.64. The molecule has 1 fully saturated rings. The molecule has 1 aliphatic rings. The molecule has 0 aromatic heterocycles. The highest BCUT2D eigenvalue weighted by molar-refractivity contribution is 5.78. The quantitative estimate of drug-likeness (QED) is 0.706. The van der Waals surface area contributed by atoms with Crippen LogP contribution in [0.5, 0.6) is 0 Å². The smallest absolute Gasteiger partial charge is 0.233 e. The van der Waals surface area contributed by atoms with Gasteiger partial charge in [-0.25, -0.2) is 0 Å². The van der Waals surface area contributed by atoms with Crippen LogP contribution in [-0.2, 0) is 9.53 Å². The van der Waals surface area contributed by atoms with Gasteiger partial charge in [0, 0.05) is 18.6 Å². The van der Waals surface area contributed by atoms with Crippen molar-refractivity contribution in [2.45, 2.75) is 45.3 Å². The molecule has 15 heavy (non-hydrogen) atoms. The highest BCUT2D eigenvalue weighted by Gasteiger charge is 2.53. The number of nitrogens with two attached hydrogens (primary N) is 1. The van der Waals surface area contributed by atoms with Crippen LogP contribution in [0.2, 0.25) is 0 Å². The van der Waals surface area contributed by atoms with Crippen LogP contribution in [0.3, 0.4) is 0 Å². The topological polar surface area (TPSA) is 64.4 Å². The Balaban J connectivity index is 2.64. The summed E-state index contributed by atoms with van der Waals surface area (Å²) < 4.78 is 5.45. The zero-order valence-corrected chi connectivity index (χ0v) is 9.88. The summed E-state index contributed by atoms with van der Waals surface area (Å²) in [5, 5.41) is 2.98. The van der Waals surface area contributed by atoms with Crippen molar-refractivity contribution in [3.05, 3.63) is 0 Å². The molecule has 3 N–H and O–H groups in total. The lowest BCUT2D eigenvalue weighted by atomic mass is 9.58. The highest BCUT2D eigenvalue weighted by Crippen LogP contribution is 2.48. The van der Waals surface area contributed by atoms with Gasteiger partial charge in [0.05, 0.1) is 12.6 Å². The Labute approximate surface area is 91.5 Å². The SMILES string of the molecule is CCC1(CC)C(NC(=O)CN)CC1OC. The number of carbonyl (C=O) groups excluding carboxylic acids is 1. The first kappa shape index (κ1) is 12.5. The third kappa shape index (κ3) is 2.01. The predicted molar refractivity (Wildman–Crippen MR) is 59.4 cm³/mol. The van der Waals surface area contributed by atoms with E-state index in [-0.39, 0.29) is 30.0 Å². The number of hydrogen-bond acceptors (Lipinski definition) is 3. The third-order valence-electron chi connectivity index (χ3n) is 3.91. The van der Waals surface area contributed by atoms with E-state index in [0.29, 0.717) is 0 Å². The molecule has 0 heterocycles. The van der Waals surface area contributed by atoms with Gasteiger partial charge in [0.2, 0.25) is 5.91 Å². The van der Waals surface area contributed by atoms with Gasteiger partial charge in [-0.2, -0.15) is 0 Å². The molecule has 0 spiro atoms. The average Bonchev–Trinajstić information content (AvgIpc) is 2.25. The summed E-state index contributed by atoms with van der Waals surface area (Å²) >= 11 is 0. The van der Waals surface area contributed by atoms with Gasteiger partial charge in [-0.05, 0) is 19.3 Å². The first-order valence-electron chi connectivity index (χ1n) is 5.66. The lowest BCUT2D eigenvalue weighted by Gasteiger charge is -2.55. The van der Waals surface area contributed by atoms with E-state index in [0.717, 1.165) is 19.3 Å². The van der Waals surface area contributed by atoms with Crippen molar-refractivity contribution in [1.29, 1.82) is 0 Å². The molecule has 1 saturated carbocycles. The van der Waals surface area contributed by atoms with Crippen molar-refractivity contribution in [1.82, 2.24) is 5.32 Å². The number of nitrogens with one attached hydrogen (secondary N) is 1. The maximum atomic E-state index is 11.3. The molecule has 0 aliphatic heterocycles. The third-order valence-corrected chi connectivity index (χ3v) is 3.91. The van der Waals surface area contributed by atoms with Crippen molar-refractivity contribution in [2.24, 2.45) is 11.1 Å². The number of amides is 1. The average molecular weight is 214 g/mol. The van der Waals surface area contributed by atoms with Crippen molar-refractivity contribution < 1.29 is 9.53 Å². The predicted octanol–water partition coefficient (Wildman–Crippen LogP) is 0.655. The Morgan fingerprint density at radius 1 is 1.53 bits per heavy atom. The summed E-state index contributed by atoms with van der Waals surface area (Å²) in [6, 6.07) is 0.230. The largest absolute Gasteiger partial charge is 0.381 e. The standard InChI is InChI=1S/C11H22N2O2/c1-4-11(5-2)8(6-9(11)15-3)13-10(14)7-12/h8-9H,4-7,12H2,1-3H3,(H,13,14). The molecular formula is C11H22N2O2. The van der Waals surface area contributed by atoms with Crippen molar-refractivity contribution in [3.8, 4) is 0 Å². The lowest BCUT2D eigenvalue weighted by molar-refractivity contribution is -0.140. The van der Waals surface area contributed by atoms with Gasteiger partial charge in [0.1, 0.15) is 0 Å². The van der Waals surface area contributed by atoms with E-state index in [9.17, 15) is 4.79 Å². The fourth-order valence-electron chi connectivity index (χ4n) is 2.73. The van der Waals surface area contributed by atoms with Gasteiger partial charge in [-0.1, -0.05) is 13.8 Å². The van der Waals surface area contributed by atoms with Crippen LogP contribution in [-0.4, -0.2) is 31.7 Å². The normalized spacial score (nSPS) is 28.3. The van der Waals surface area contributed by atoms with Crippen molar-refractivity contribution in [3.63, 3.8) is 0 Å². The summed E-state index contributed by atoms with van der Waals surface area (Å²) in [6.07, 6.45) is 3.23. The Morgan fingerprint density at radius 3 is 2.53 bits per heavy atom. The molecule has 4 heteroatoms. The van der Waals surface area contributed by atoms with E-state index in [1.807, 2.05) is 0 Å². The monoisotopic (exact) mass is 214 g/mol. The highest BCUT2D eigenvalue weighted by atomic mass is 16.5. The first-order chi connectivity index (χ1) is 7.14. The van der Waals surface area contributed by atoms with Gasteiger partial charge >= 0.3 is 0 Å². The van der Waals surface area contributed by atoms with Gasteiger partial charge in [0.15, 0.2) is 0 Å². The molecule has 2 unspecified atom stereocenters. The van der Waals surface area contributed by atoms with Gasteiger partial charge in [0.25, 0.3) is 0 Å². The Bertz CT molecular complexity index is 227. The zero-order chi connectivity index (χ0) is 11.5. The fourth-order valence-corrected chi connectivity index (χ4v) is 2.73. The Morgan fingerprint density at radius 2 is 2.13 bits per heavy atom. The van der Waals surface area contributed by atoms with Crippen LogP contribution in [0.1, 0.15) is 33.1 Å². The summed E-state index contributed by atoms with van der Waals surface area (Å²) in [7, 11) is 1.74. The van der Waals surface area contributed by atoms with Crippen LogP contribution < -0.4 is 11.1 Å². The molecule has 0 bridgehead atoms. The maximum Gasteiger partial charge on any atom is 0.233 e. The Kier molecular flexibility index (Phi) is 4.11. The molecule has 88 valence electrons. The number of methoxy groups -OCH3 is 1. The zero-order valence-electron chi connectivity index (χ0n) is 9.88. The molecule has 0 radical (unpaired) electrons. The van der Waals surface area contributed by atoms with Crippen LogP contribution in [0.15, 0.2) is 0 Å². The molecule has 4 nitrogen and oxygen atoms in total. The molecule has 0 aromatic rings. The minimum absolute atomic E-state index is 0.0671. The van der Waals surface area contributed by atoms with Gasteiger partial charge < -0.3 is 15.8 Å². The summed E-state index contributed by atoms with van der Waals surface area (Å²) in [5.74, 6) is -0.0687. The Hall–Kier alpha value is -0.610. The van der Waals surface area contributed by atoms with Crippen LogP contribution in [0.4, 0.5) is 0 Å². The van der Waals surface area contributed by atoms with Crippen LogP contribution >= 0.6 is 0 Å². The molecular weight excluding hydrogens is 192 g/mol. The van der Waals surface area contributed by atoms with E-state index >= 15 is 0 Å². The number of ether oxygens (including phenoxy) is 1. The molecule has 2 atom stereocenters. The van der Waals surface area contributed by atoms with E-state index in [4.69, 9.17) is 10.5 Å². The number of hydrogen-bond donors (Lipinski definition) is 2. The maximum absolute atomic E-state index is 11.3. The van der Waals surface area contributed by atoms with Crippen LogP contribution in [0, 0.1) is 5.41 Å². The molecule has 1 rings (SSSR count). The molecule has 0 saturated heterocycles. The van der Waals surface area contributed by atoms with E-state index < -0.39 is 0 Å². The fraction of sp³-hybridized carbons (Fsp3) is 0.909. The van der Waals surface area contributed by atoms with Crippen molar-refractivity contribution in [2.75, 3.05) is 13.7 Å². The number of rotatable bonds is 5. The molecule has 1 aliphatic carbocycles. The first-order valence-corrected chi connectivity index (χ1v) is 5.66. The minimum atomic E-state index is -0.0687. The molecule has 1 amide bonds. The second-order valence-electron chi connectivity index (χ2n) is 4.22. The van der Waals surface area contributed by atoms with E-state index in [2.05, 4.69) is 19.2 Å². The summed E-state index contributed by atoms with van der Waals surface area (Å²) in [5.41, 5.74) is 5.41. The van der Waals surface area contributed by atoms with E-state index in [1.165, 1.54) is 0 Å². The number of carbonyl (C=O) groups is 1. The summed E-state index contributed by atoms with van der Waals surface area (Å²) in [4.78, 5) is 11.3. The van der Waals surface area contributed by atoms with Crippen molar-refractivity contribution >= 4 is 5.91 Å². The van der Waals surface area contributed by atoms with E-state index in [1.54, 1.807) is 7.11 Å². The van der Waals surface area contributed by atoms with Crippen LogP contribution in [0.25, 0.3) is 0 Å². The second-order valence-corrected chi connectivity index (χ2v) is 4.22. The van der Waals surface area contributed by atoms with Gasteiger partial charge in [-0.3, -0.25) is 4.79 Å². The summed E-state index contributed by atoms with van der Waals surface area (Å²) in [6.45, 7) is 4.37. The molecule has 0 aromatic carbocycles. The minimum Gasteiger partial charge on any atom is -0.381 e. The van der Waals surface area contributed by atoms with Gasteiger partial charge in [-0.15, -0.1) is 0 Å².